The van der Waals surface area contributed by atoms with Crippen LogP contribution >= 0.6 is 24.0 Å². The van der Waals surface area contributed by atoms with Gasteiger partial charge in [-0.1, -0.05) is 18.9 Å². The molecule has 0 spiro atoms. The van der Waals surface area contributed by atoms with Crippen molar-refractivity contribution >= 4 is 41.5 Å². The van der Waals surface area contributed by atoms with Crippen molar-refractivity contribution < 1.29 is 9.53 Å². The Balaban J connectivity index is 0.00000288. The summed E-state index contributed by atoms with van der Waals surface area (Å²) in [6, 6.07) is 7.48. The molecule has 1 aliphatic rings. The van der Waals surface area contributed by atoms with Crippen molar-refractivity contribution in [2.75, 3.05) is 33.1 Å². The van der Waals surface area contributed by atoms with Gasteiger partial charge >= 0.3 is 0 Å². The quantitative estimate of drug-likeness (QED) is 0.414. The van der Waals surface area contributed by atoms with Crippen molar-refractivity contribution in [2.24, 2.45) is 16.1 Å². The van der Waals surface area contributed by atoms with Crippen LogP contribution in [-0.4, -0.2) is 44.5 Å². The van der Waals surface area contributed by atoms with E-state index in [1.165, 1.54) is 0 Å². The van der Waals surface area contributed by atoms with Crippen LogP contribution in [0.25, 0.3) is 0 Å². The normalized spacial score (nSPS) is 16.2. The van der Waals surface area contributed by atoms with E-state index in [0.29, 0.717) is 12.5 Å². The van der Waals surface area contributed by atoms with Crippen LogP contribution in [0.1, 0.15) is 25.7 Å². The van der Waals surface area contributed by atoms with E-state index >= 15 is 0 Å². The van der Waals surface area contributed by atoms with Crippen LogP contribution in [0.4, 0.5) is 5.69 Å². The SMILES string of the molecule is COc1cccc(NC(N)=NCC2(C(=O)N(C)C)CCCC2)c1.I. The number of methoxy groups -OCH3 is 1. The Kier molecular flexibility index (Phi) is 7.78. The molecule has 7 heteroatoms. The number of halogens is 1. The Morgan fingerprint density at radius 2 is 2.04 bits per heavy atom. The summed E-state index contributed by atoms with van der Waals surface area (Å²) in [4.78, 5) is 18.6. The average molecular weight is 446 g/mol. The summed E-state index contributed by atoms with van der Waals surface area (Å²) in [6.07, 6.45) is 3.89. The van der Waals surface area contributed by atoms with Gasteiger partial charge in [-0.2, -0.15) is 0 Å². The zero-order valence-electron chi connectivity index (χ0n) is 14.5. The summed E-state index contributed by atoms with van der Waals surface area (Å²) in [7, 11) is 5.21. The predicted octanol–water partition coefficient (Wildman–Crippen LogP) is 2.69. The lowest BCUT2D eigenvalue weighted by Gasteiger charge is -2.29. The number of carbonyl (C=O) groups excluding carboxylic acids is 1. The Bertz CT molecular complexity index is 584. The number of hydrogen-bond acceptors (Lipinski definition) is 3. The van der Waals surface area contributed by atoms with Gasteiger partial charge in [-0.25, -0.2) is 0 Å². The molecule has 3 N–H and O–H groups in total. The van der Waals surface area contributed by atoms with E-state index in [-0.39, 0.29) is 29.9 Å². The van der Waals surface area contributed by atoms with Gasteiger partial charge in [0.15, 0.2) is 5.96 Å². The number of nitrogens with one attached hydrogen (secondary N) is 1. The Morgan fingerprint density at radius 1 is 1.38 bits per heavy atom. The number of ether oxygens (including phenoxy) is 1. The van der Waals surface area contributed by atoms with Gasteiger partial charge in [-0.05, 0) is 25.0 Å². The Hall–Kier alpha value is -1.51. The second kappa shape index (κ2) is 9.10. The maximum atomic E-state index is 12.5. The summed E-state index contributed by atoms with van der Waals surface area (Å²) in [6.45, 7) is 0.423. The standard InChI is InChI=1S/C17H26N4O2.HI/c1-21(2)15(22)17(9-4-5-10-17)12-19-16(18)20-13-7-6-8-14(11-13)23-3;/h6-8,11H,4-5,9-10,12H2,1-3H3,(H3,18,19,20);1H. The van der Waals surface area contributed by atoms with Gasteiger partial charge in [-0.15, -0.1) is 24.0 Å². The van der Waals surface area contributed by atoms with Crippen LogP contribution in [-0.2, 0) is 4.79 Å². The van der Waals surface area contributed by atoms with E-state index < -0.39 is 5.41 Å². The maximum Gasteiger partial charge on any atom is 0.230 e. The minimum atomic E-state index is -0.399. The Morgan fingerprint density at radius 3 is 2.62 bits per heavy atom. The fourth-order valence-electron chi connectivity index (χ4n) is 3.09. The fourth-order valence-corrected chi connectivity index (χ4v) is 3.09. The summed E-state index contributed by atoms with van der Waals surface area (Å²) >= 11 is 0. The molecular formula is C17H27IN4O2. The minimum absolute atomic E-state index is 0. The number of guanidine groups is 1. The van der Waals surface area contributed by atoms with E-state index in [2.05, 4.69) is 10.3 Å². The number of amides is 1. The number of rotatable bonds is 5. The van der Waals surface area contributed by atoms with Crippen LogP contribution in [0, 0.1) is 5.41 Å². The molecule has 0 unspecified atom stereocenters. The highest BCUT2D eigenvalue weighted by Crippen LogP contribution is 2.39. The first kappa shape index (κ1) is 20.5. The van der Waals surface area contributed by atoms with Crippen molar-refractivity contribution in [1.82, 2.24) is 4.90 Å². The largest absolute Gasteiger partial charge is 0.497 e. The number of carbonyl (C=O) groups is 1. The number of nitrogens with zero attached hydrogens (tertiary/aromatic N) is 2. The first-order valence-electron chi connectivity index (χ1n) is 7.90. The van der Waals surface area contributed by atoms with Crippen molar-refractivity contribution in [2.45, 2.75) is 25.7 Å². The molecule has 0 bridgehead atoms. The van der Waals surface area contributed by atoms with E-state index in [1.807, 2.05) is 24.3 Å². The van der Waals surface area contributed by atoms with E-state index in [9.17, 15) is 4.79 Å². The van der Waals surface area contributed by atoms with E-state index in [0.717, 1.165) is 37.1 Å². The molecule has 1 aliphatic carbocycles. The molecule has 1 saturated carbocycles. The third-order valence-electron chi connectivity index (χ3n) is 4.31. The number of hydrogen-bond donors (Lipinski definition) is 2. The van der Waals surface area contributed by atoms with Crippen molar-refractivity contribution in [1.29, 1.82) is 0 Å². The van der Waals surface area contributed by atoms with E-state index in [4.69, 9.17) is 10.5 Å². The molecule has 1 fully saturated rings. The highest BCUT2D eigenvalue weighted by Gasteiger charge is 2.41. The predicted molar refractivity (Wildman–Crippen MR) is 108 cm³/mol. The topological polar surface area (TPSA) is 80.0 Å². The number of aliphatic imine (C=N–C) groups is 1. The number of nitrogens with two attached hydrogens (primary N) is 1. The van der Waals surface area contributed by atoms with Gasteiger partial charge in [0.2, 0.25) is 5.91 Å². The molecule has 0 aliphatic heterocycles. The fraction of sp³-hybridized carbons (Fsp3) is 0.529. The summed E-state index contributed by atoms with van der Waals surface area (Å²) in [5.41, 5.74) is 6.40. The van der Waals surface area contributed by atoms with Crippen LogP contribution in [0.3, 0.4) is 0 Å². The molecule has 0 radical (unpaired) electrons. The molecular weight excluding hydrogens is 419 g/mol. The minimum Gasteiger partial charge on any atom is -0.497 e. The monoisotopic (exact) mass is 446 g/mol. The van der Waals surface area contributed by atoms with Gasteiger partial charge in [-0.3, -0.25) is 9.79 Å². The van der Waals surface area contributed by atoms with Crippen molar-refractivity contribution in [3.05, 3.63) is 24.3 Å². The van der Waals surface area contributed by atoms with Crippen molar-refractivity contribution in [3.8, 4) is 5.75 Å². The molecule has 1 aromatic carbocycles. The molecule has 1 aromatic rings. The lowest BCUT2D eigenvalue weighted by molar-refractivity contribution is -0.138. The lowest BCUT2D eigenvalue weighted by Crippen LogP contribution is -2.41. The van der Waals surface area contributed by atoms with Gasteiger partial charge in [0.05, 0.1) is 19.1 Å². The van der Waals surface area contributed by atoms with Gasteiger partial charge < -0.3 is 20.7 Å². The van der Waals surface area contributed by atoms with Crippen LogP contribution in [0.15, 0.2) is 29.3 Å². The molecule has 0 heterocycles. The second-order valence-corrected chi connectivity index (χ2v) is 6.25. The zero-order valence-corrected chi connectivity index (χ0v) is 16.9. The van der Waals surface area contributed by atoms with E-state index in [1.54, 1.807) is 26.1 Å². The number of anilines is 1. The molecule has 24 heavy (non-hydrogen) atoms. The summed E-state index contributed by atoms with van der Waals surface area (Å²) in [5, 5.41) is 3.05. The number of benzene rings is 1. The highest BCUT2D eigenvalue weighted by atomic mass is 127. The first-order chi connectivity index (χ1) is 11.0. The highest BCUT2D eigenvalue weighted by molar-refractivity contribution is 14.0. The van der Waals surface area contributed by atoms with Crippen LogP contribution < -0.4 is 15.8 Å². The maximum absolute atomic E-state index is 12.5. The molecule has 2 rings (SSSR count). The molecule has 0 atom stereocenters. The van der Waals surface area contributed by atoms with Crippen LogP contribution in [0.2, 0.25) is 0 Å². The summed E-state index contributed by atoms with van der Waals surface area (Å²) in [5.74, 6) is 1.21. The van der Waals surface area contributed by atoms with Crippen LogP contribution in [0.5, 0.6) is 5.75 Å². The first-order valence-corrected chi connectivity index (χ1v) is 7.90. The third kappa shape index (κ3) is 4.99. The lowest BCUT2D eigenvalue weighted by atomic mass is 9.85. The summed E-state index contributed by atoms with van der Waals surface area (Å²) < 4.78 is 5.18. The molecule has 6 nitrogen and oxygen atoms in total. The smallest absolute Gasteiger partial charge is 0.230 e. The molecule has 1 amide bonds. The second-order valence-electron chi connectivity index (χ2n) is 6.25. The Labute approximate surface area is 160 Å². The van der Waals surface area contributed by atoms with Crippen molar-refractivity contribution in [3.63, 3.8) is 0 Å². The van der Waals surface area contributed by atoms with Gasteiger partial charge in [0, 0.05) is 25.8 Å². The molecule has 134 valence electrons. The molecule has 0 saturated heterocycles. The van der Waals surface area contributed by atoms with Gasteiger partial charge in [0.25, 0.3) is 0 Å². The zero-order chi connectivity index (χ0) is 16.9. The van der Waals surface area contributed by atoms with Gasteiger partial charge in [0.1, 0.15) is 5.75 Å². The molecule has 0 aromatic heterocycles. The third-order valence-corrected chi connectivity index (χ3v) is 4.31. The average Bonchev–Trinajstić information content (AvgIpc) is 3.02.